The van der Waals surface area contributed by atoms with Gasteiger partial charge in [0.2, 0.25) is 5.95 Å². The Morgan fingerprint density at radius 2 is 2.54 bits per heavy atom. The third-order valence-electron chi connectivity index (χ3n) is 1.50. The molecular weight excluding hydrogens is 164 g/mol. The second-order valence-electron chi connectivity index (χ2n) is 2.70. The van der Waals surface area contributed by atoms with Crippen LogP contribution in [0.25, 0.3) is 0 Å². The van der Waals surface area contributed by atoms with Crippen molar-refractivity contribution in [3.8, 4) is 6.07 Å². The summed E-state index contributed by atoms with van der Waals surface area (Å²) in [5, 5.41) is 8.39. The van der Waals surface area contributed by atoms with E-state index in [1.165, 1.54) is 6.08 Å². The summed E-state index contributed by atoms with van der Waals surface area (Å²) < 4.78 is 0. The Morgan fingerprint density at radius 1 is 1.77 bits per heavy atom. The number of rotatable bonds is 2. The summed E-state index contributed by atoms with van der Waals surface area (Å²) >= 11 is 0. The van der Waals surface area contributed by atoms with Crippen LogP contribution in [0.2, 0.25) is 0 Å². The van der Waals surface area contributed by atoms with Crippen LogP contribution >= 0.6 is 0 Å². The summed E-state index contributed by atoms with van der Waals surface area (Å²) in [6, 6.07) is 3.75. The molecule has 0 saturated heterocycles. The Balaban J connectivity index is 2.76. The Kier molecular flexibility index (Phi) is 2.98. The number of nitrogen functional groups attached to an aromatic ring is 1. The highest BCUT2D eigenvalue weighted by molar-refractivity contribution is 5.22. The van der Waals surface area contributed by atoms with E-state index in [2.05, 4.69) is 9.97 Å². The van der Waals surface area contributed by atoms with E-state index in [0.717, 1.165) is 11.3 Å². The molecule has 0 bridgehead atoms. The Bertz CT molecular complexity index is 362. The minimum atomic E-state index is 0.266. The van der Waals surface area contributed by atoms with Crippen molar-refractivity contribution in [2.45, 2.75) is 13.3 Å². The highest BCUT2D eigenvalue weighted by atomic mass is 15.0. The second-order valence-corrected chi connectivity index (χ2v) is 2.70. The fourth-order valence-electron chi connectivity index (χ4n) is 0.958. The van der Waals surface area contributed by atoms with Gasteiger partial charge in [0.25, 0.3) is 0 Å². The van der Waals surface area contributed by atoms with Gasteiger partial charge in [-0.15, -0.1) is 0 Å². The van der Waals surface area contributed by atoms with E-state index >= 15 is 0 Å². The van der Waals surface area contributed by atoms with Crippen LogP contribution in [-0.4, -0.2) is 9.97 Å². The first-order valence-electron chi connectivity index (χ1n) is 3.85. The molecule has 1 heterocycles. The number of nitrogens with zero attached hydrogens (tertiary/aromatic N) is 3. The Labute approximate surface area is 76.7 Å². The first kappa shape index (κ1) is 9.20. The van der Waals surface area contributed by atoms with Crippen molar-refractivity contribution in [2.75, 3.05) is 5.73 Å². The van der Waals surface area contributed by atoms with Crippen molar-refractivity contribution in [2.24, 2.45) is 0 Å². The van der Waals surface area contributed by atoms with Gasteiger partial charge in [0, 0.05) is 24.4 Å². The van der Waals surface area contributed by atoms with Gasteiger partial charge in [-0.3, -0.25) is 0 Å². The van der Waals surface area contributed by atoms with Gasteiger partial charge in [0.15, 0.2) is 0 Å². The molecule has 4 heteroatoms. The van der Waals surface area contributed by atoms with E-state index in [-0.39, 0.29) is 5.95 Å². The largest absolute Gasteiger partial charge is 0.368 e. The van der Waals surface area contributed by atoms with Crippen LogP contribution in [0.5, 0.6) is 0 Å². The molecule has 2 N–H and O–H groups in total. The molecule has 13 heavy (non-hydrogen) atoms. The van der Waals surface area contributed by atoms with E-state index in [0.29, 0.717) is 6.42 Å². The SMILES string of the molecule is C/C(=C\C#N)Cc1ccnc(N)n1. The molecule has 66 valence electrons. The van der Waals surface area contributed by atoms with Crippen molar-refractivity contribution in [1.29, 1.82) is 5.26 Å². The molecule has 0 saturated carbocycles. The standard InChI is InChI=1S/C9H10N4/c1-7(2-4-10)6-8-3-5-12-9(11)13-8/h2-3,5H,6H2,1H3,(H2,11,12,13)/b7-2+. The van der Waals surface area contributed by atoms with E-state index in [1.807, 2.05) is 13.0 Å². The third kappa shape index (κ3) is 2.91. The lowest BCUT2D eigenvalue weighted by Gasteiger charge is -1.99. The number of hydrogen-bond acceptors (Lipinski definition) is 4. The van der Waals surface area contributed by atoms with E-state index in [9.17, 15) is 0 Å². The fraction of sp³-hybridized carbons (Fsp3) is 0.222. The second kappa shape index (κ2) is 4.21. The van der Waals surface area contributed by atoms with Crippen LogP contribution in [0.1, 0.15) is 12.6 Å². The average Bonchev–Trinajstić information content (AvgIpc) is 2.04. The topological polar surface area (TPSA) is 75.6 Å². The molecule has 0 radical (unpaired) electrons. The smallest absolute Gasteiger partial charge is 0.220 e. The van der Waals surface area contributed by atoms with Gasteiger partial charge < -0.3 is 5.73 Å². The lowest BCUT2D eigenvalue weighted by atomic mass is 10.1. The molecule has 0 aliphatic rings. The molecule has 0 aliphatic carbocycles. The van der Waals surface area contributed by atoms with Crippen molar-refractivity contribution in [1.82, 2.24) is 9.97 Å². The monoisotopic (exact) mass is 174 g/mol. The Hall–Kier alpha value is -1.89. The maximum Gasteiger partial charge on any atom is 0.220 e. The molecule has 4 nitrogen and oxygen atoms in total. The maximum atomic E-state index is 8.39. The highest BCUT2D eigenvalue weighted by Gasteiger charge is 1.96. The first-order chi connectivity index (χ1) is 6.22. The van der Waals surface area contributed by atoms with Crippen molar-refractivity contribution in [3.05, 3.63) is 29.6 Å². The highest BCUT2D eigenvalue weighted by Crippen LogP contribution is 2.04. The van der Waals surface area contributed by atoms with Crippen molar-refractivity contribution >= 4 is 5.95 Å². The number of nitriles is 1. The van der Waals surface area contributed by atoms with Crippen LogP contribution in [0.4, 0.5) is 5.95 Å². The Morgan fingerprint density at radius 3 is 3.15 bits per heavy atom. The summed E-state index contributed by atoms with van der Waals surface area (Å²) in [4.78, 5) is 7.79. The zero-order valence-electron chi connectivity index (χ0n) is 7.36. The van der Waals surface area contributed by atoms with Crippen LogP contribution in [-0.2, 0) is 6.42 Å². The number of aromatic nitrogens is 2. The van der Waals surface area contributed by atoms with Crippen LogP contribution in [0.15, 0.2) is 23.9 Å². The fourth-order valence-corrected chi connectivity index (χ4v) is 0.958. The number of nitrogens with two attached hydrogens (primary N) is 1. The van der Waals surface area contributed by atoms with Crippen LogP contribution in [0.3, 0.4) is 0 Å². The van der Waals surface area contributed by atoms with Gasteiger partial charge in [-0.05, 0) is 13.0 Å². The average molecular weight is 174 g/mol. The predicted molar refractivity (Wildman–Crippen MR) is 49.5 cm³/mol. The summed E-state index contributed by atoms with van der Waals surface area (Å²) in [6.07, 6.45) is 3.75. The molecule has 1 aromatic rings. The van der Waals surface area contributed by atoms with Gasteiger partial charge in [-0.1, -0.05) is 5.57 Å². The molecule has 1 aromatic heterocycles. The van der Waals surface area contributed by atoms with E-state index < -0.39 is 0 Å². The first-order valence-corrected chi connectivity index (χ1v) is 3.85. The van der Waals surface area contributed by atoms with E-state index in [4.69, 9.17) is 11.0 Å². The number of anilines is 1. The number of hydrogen-bond donors (Lipinski definition) is 1. The molecule has 0 fully saturated rings. The molecule has 0 atom stereocenters. The summed E-state index contributed by atoms with van der Waals surface area (Å²) in [7, 11) is 0. The molecule has 0 aromatic carbocycles. The van der Waals surface area contributed by atoms with Gasteiger partial charge in [0.1, 0.15) is 0 Å². The third-order valence-corrected chi connectivity index (χ3v) is 1.50. The number of allylic oxidation sites excluding steroid dienone is 2. The zero-order chi connectivity index (χ0) is 9.68. The lowest BCUT2D eigenvalue weighted by Crippen LogP contribution is -1.98. The molecule has 0 unspecified atom stereocenters. The summed E-state index contributed by atoms with van der Waals surface area (Å²) in [5.41, 5.74) is 7.19. The molecular formula is C9H10N4. The molecule has 0 aliphatic heterocycles. The predicted octanol–water partition coefficient (Wildman–Crippen LogP) is 1.07. The van der Waals surface area contributed by atoms with E-state index in [1.54, 1.807) is 12.3 Å². The quantitative estimate of drug-likeness (QED) is 0.680. The summed E-state index contributed by atoms with van der Waals surface area (Å²) in [5.74, 6) is 0.266. The molecule has 0 spiro atoms. The van der Waals surface area contributed by atoms with Crippen molar-refractivity contribution < 1.29 is 0 Å². The van der Waals surface area contributed by atoms with Crippen LogP contribution < -0.4 is 5.73 Å². The molecule has 1 rings (SSSR count). The zero-order valence-corrected chi connectivity index (χ0v) is 7.36. The minimum Gasteiger partial charge on any atom is -0.368 e. The maximum absolute atomic E-state index is 8.39. The lowest BCUT2D eigenvalue weighted by molar-refractivity contribution is 1.02. The van der Waals surface area contributed by atoms with Gasteiger partial charge in [0.05, 0.1) is 6.07 Å². The van der Waals surface area contributed by atoms with Gasteiger partial charge >= 0.3 is 0 Å². The normalized spacial score (nSPS) is 10.9. The minimum absolute atomic E-state index is 0.266. The van der Waals surface area contributed by atoms with Crippen LogP contribution in [0, 0.1) is 11.3 Å². The van der Waals surface area contributed by atoms with Gasteiger partial charge in [-0.25, -0.2) is 9.97 Å². The van der Waals surface area contributed by atoms with Gasteiger partial charge in [-0.2, -0.15) is 5.26 Å². The summed E-state index contributed by atoms with van der Waals surface area (Å²) in [6.45, 7) is 1.88. The molecule has 0 amide bonds. The van der Waals surface area contributed by atoms with Crippen molar-refractivity contribution in [3.63, 3.8) is 0 Å².